The van der Waals surface area contributed by atoms with Crippen molar-refractivity contribution in [1.29, 1.82) is 0 Å². The van der Waals surface area contributed by atoms with Gasteiger partial charge in [0.1, 0.15) is 6.33 Å². The summed E-state index contributed by atoms with van der Waals surface area (Å²) in [5, 5.41) is 2.44. The Labute approximate surface area is 68.9 Å². The maximum absolute atomic E-state index is 10.8. The molecule has 1 rings (SSSR count). The third kappa shape index (κ3) is 2.51. The quantitative estimate of drug-likeness (QED) is 0.617. The molecule has 0 fully saturated rings. The van der Waals surface area contributed by atoms with Crippen LogP contribution in [0.25, 0.3) is 0 Å². The highest BCUT2D eigenvalue weighted by Crippen LogP contribution is 1.98. The number of hydroxylamine groups is 1. The maximum Gasteiger partial charge on any atom is 0.343 e. The van der Waals surface area contributed by atoms with Crippen molar-refractivity contribution in [1.82, 2.24) is 15.4 Å². The maximum atomic E-state index is 10.8. The zero-order chi connectivity index (χ0) is 8.81. The van der Waals surface area contributed by atoms with Gasteiger partial charge < -0.3 is 5.32 Å². The van der Waals surface area contributed by atoms with Gasteiger partial charge in [-0.3, -0.25) is 4.84 Å². The molecular weight excluding hydrogens is 160 g/mol. The molecule has 0 unspecified atom stereocenters. The van der Waals surface area contributed by atoms with Crippen LogP contribution in [0.5, 0.6) is 0 Å². The molecule has 0 aromatic carbocycles. The van der Waals surface area contributed by atoms with Gasteiger partial charge in [0, 0.05) is 0 Å². The monoisotopic (exact) mass is 168 g/mol. The van der Waals surface area contributed by atoms with Gasteiger partial charge in [-0.1, -0.05) is 0 Å². The van der Waals surface area contributed by atoms with E-state index in [0.717, 1.165) is 0 Å². The zero-order valence-corrected chi connectivity index (χ0v) is 6.44. The van der Waals surface area contributed by atoms with Crippen molar-refractivity contribution in [2.75, 3.05) is 12.4 Å². The smallest absolute Gasteiger partial charge is 0.303 e. The number of hydrogen-bond donors (Lipinski definition) is 2. The lowest BCUT2D eigenvalue weighted by Gasteiger charge is -2.02. The highest BCUT2D eigenvalue weighted by atomic mass is 16.6. The number of amides is 2. The molecule has 2 amide bonds. The van der Waals surface area contributed by atoms with Crippen LogP contribution in [0.1, 0.15) is 0 Å². The molecule has 2 N–H and O–H groups in total. The number of carbonyl (C=O) groups is 1. The van der Waals surface area contributed by atoms with Crippen LogP contribution in [0.2, 0.25) is 0 Å². The fraction of sp³-hybridized carbons (Fsp3) is 0.167. The number of rotatable bonds is 2. The average molecular weight is 168 g/mol. The van der Waals surface area contributed by atoms with Crippen LogP contribution >= 0.6 is 0 Å². The fourth-order valence-corrected chi connectivity index (χ4v) is 0.613. The number of carbonyl (C=O) groups excluding carboxylic acids is 1. The molecule has 0 saturated heterocycles. The number of hydrogen-bond acceptors (Lipinski definition) is 4. The van der Waals surface area contributed by atoms with Crippen LogP contribution in [0.4, 0.5) is 10.5 Å². The summed E-state index contributed by atoms with van der Waals surface area (Å²) in [6, 6.07) is -0.465. The minimum absolute atomic E-state index is 0.465. The van der Waals surface area contributed by atoms with Gasteiger partial charge in [-0.05, 0) is 0 Å². The molecule has 1 aromatic heterocycles. The van der Waals surface area contributed by atoms with Gasteiger partial charge >= 0.3 is 6.03 Å². The summed E-state index contributed by atoms with van der Waals surface area (Å²) in [5.74, 6) is 0. The Hall–Kier alpha value is -1.69. The average Bonchev–Trinajstić information content (AvgIpc) is 2.06. The SMILES string of the molecule is CONC(=O)Nc1cncnc1. The first kappa shape index (κ1) is 8.41. The second kappa shape index (κ2) is 4.24. The molecule has 1 aromatic rings. The molecule has 0 atom stereocenters. The number of anilines is 1. The van der Waals surface area contributed by atoms with Gasteiger partial charge in [-0.15, -0.1) is 0 Å². The summed E-state index contributed by atoms with van der Waals surface area (Å²) >= 11 is 0. The number of nitrogens with zero attached hydrogens (tertiary/aromatic N) is 2. The topological polar surface area (TPSA) is 76.1 Å². The van der Waals surface area contributed by atoms with E-state index in [2.05, 4.69) is 25.6 Å². The molecular formula is C6H8N4O2. The van der Waals surface area contributed by atoms with Crippen LogP contribution in [0.3, 0.4) is 0 Å². The molecule has 6 heteroatoms. The van der Waals surface area contributed by atoms with Crippen molar-refractivity contribution >= 4 is 11.7 Å². The first-order chi connectivity index (χ1) is 5.83. The minimum Gasteiger partial charge on any atom is -0.303 e. The summed E-state index contributed by atoms with van der Waals surface area (Å²) in [7, 11) is 1.35. The van der Waals surface area contributed by atoms with Crippen molar-refractivity contribution in [2.24, 2.45) is 0 Å². The van der Waals surface area contributed by atoms with E-state index in [1.807, 2.05) is 0 Å². The second-order valence-corrected chi connectivity index (χ2v) is 1.89. The fourth-order valence-electron chi connectivity index (χ4n) is 0.613. The van der Waals surface area contributed by atoms with Gasteiger partial charge in [0.05, 0.1) is 25.2 Å². The van der Waals surface area contributed by atoms with Crippen molar-refractivity contribution < 1.29 is 9.63 Å². The number of urea groups is 1. The molecule has 0 radical (unpaired) electrons. The van der Waals surface area contributed by atoms with Gasteiger partial charge in [-0.25, -0.2) is 20.2 Å². The van der Waals surface area contributed by atoms with Crippen molar-refractivity contribution in [3.05, 3.63) is 18.7 Å². The van der Waals surface area contributed by atoms with E-state index in [4.69, 9.17) is 0 Å². The first-order valence-corrected chi connectivity index (χ1v) is 3.18. The Morgan fingerprint density at radius 3 is 2.75 bits per heavy atom. The second-order valence-electron chi connectivity index (χ2n) is 1.89. The van der Waals surface area contributed by atoms with E-state index < -0.39 is 6.03 Å². The van der Waals surface area contributed by atoms with E-state index >= 15 is 0 Å². The predicted octanol–water partition coefficient (Wildman–Crippen LogP) is 0.159. The van der Waals surface area contributed by atoms with E-state index in [0.29, 0.717) is 5.69 Å². The summed E-state index contributed by atoms with van der Waals surface area (Å²) < 4.78 is 0. The Balaban J connectivity index is 2.47. The Kier molecular flexibility index (Phi) is 2.97. The molecule has 0 aliphatic rings. The van der Waals surface area contributed by atoms with Crippen molar-refractivity contribution in [3.63, 3.8) is 0 Å². The standard InChI is InChI=1S/C6H8N4O2/c1-12-10-6(11)9-5-2-7-4-8-3-5/h2-4H,1H3,(H2,9,10,11). The lowest BCUT2D eigenvalue weighted by molar-refractivity contribution is 0.114. The highest BCUT2D eigenvalue weighted by molar-refractivity contribution is 5.87. The van der Waals surface area contributed by atoms with E-state index in [-0.39, 0.29) is 0 Å². The highest BCUT2D eigenvalue weighted by Gasteiger charge is 1.98. The van der Waals surface area contributed by atoms with Gasteiger partial charge in [0.25, 0.3) is 0 Å². The molecule has 0 bridgehead atoms. The van der Waals surface area contributed by atoms with E-state index in [1.54, 1.807) is 0 Å². The zero-order valence-electron chi connectivity index (χ0n) is 6.44. The van der Waals surface area contributed by atoms with Crippen LogP contribution in [0, 0.1) is 0 Å². The van der Waals surface area contributed by atoms with Crippen LogP contribution in [-0.4, -0.2) is 23.1 Å². The van der Waals surface area contributed by atoms with Crippen molar-refractivity contribution in [2.45, 2.75) is 0 Å². The normalized spacial score (nSPS) is 9.08. The van der Waals surface area contributed by atoms with Gasteiger partial charge in [-0.2, -0.15) is 0 Å². The largest absolute Gasteiger partial charge is 0.343 e. The van der Waals surface area contributed by atoms with Gasteiger partial charge in [0.15, 0.2) is 0 Å². The molecule has 0 aliphatic carbocycles. The summed E-state index contributed by atoms with van der Waals surface area (Å²) in [5.41, 5.74) is 2.59. The molecule has 0 saturated carbocycles. The van der Waals surface area contributed by atoms with Crippen molar-refractivity contribution in [3.8, 4) is 0 Å². The van der Waals surface area contributed by atoms with Crippen LogP contribution in [0.15, 0.2) is 18.7 Å². The van der Waals surface area contributed by atoms with Gasteiger partial charge in [0.2, 0.25) is 0 Å². The lowest BCUT2D eigenvalue weighted by atomic mass is 10.5. The summed E-state index contributed by atoms with van der Waals surface area (Å²) in [6.45, 7) is 0. The molecule has 1 heterocycles. The molecule has 12 heavy (non-hydrogen) atoms. The molecule has 6 nitrogen and oxygen atoms in total. The lowest BCUT2D eigenvalue weighted by Crippen LogP contribution is -2.27. The van der Waals surface area contributed by atoms with Crippen LogP contribution in [-0.2, 0) is 4.84 Å². The van der Waals surface area contributed by atoms with Crippen LogP contribution < -0.4 is 10.8 Å². The Morgan fingerprint density at radius 2 is 2.17 bits per heavy atom. The molecule has 0 spiro atoms. The third-order valence-corrected chi connectivity index (χ3v) is 1.01. The molecule has 0 aliphatic heterocycles. The number of aromatic nitrogens is 2. The molecule has 64 valence electrons. The predicted molar refractivity (Wildman–Crippen MR) is 41.2 cm³/mol. The first-order valence-electron chi connectivity index (χ1n) is 3.18. The number of nitrogens with one attached hydrogen (secondary N) is 2. The minimum atomic E-state index is -0.465. The Morgan fingerprint density at radius 1 is 1.50 bits per heavy atom. The summed E-state index contributed by atoms with van der Waals surface area (Å²) in [6.07, 6.45) is 4.32. The Bertz CT molecular complexity index is 251. The third-order valence-electron chi connectivity index (χ3n) is 1.01. The van der Waals surface area contributed by atoms with E-state index in [1.165, 1.54) is 25.8 Å². The van der Waals surface area contributed by atoms with E-state index in [9.17, 15) is 4.79 Å². The summed E-state index contributed by atoms with van der Waals surface area (Å²) in [4.78, 5) is 22.6.